The van der Waals surface area contributed by atoms with Crippen LogP contribution in [-0.4, -0.2) is 23.7 Å². The van der Waals surface area contributed by atoms with Crippen molar-refractivity contribution in [3.63, 3.8) is 0 Å². The summed E-state index contributed by atoms with van der Waals surface area (Å²) in [5.41, 5.74) is 2.04. The smallest absolute Gasteiger partial charge is 0.191 e. The first-order chi connectivity index (χ1) is 11.2. The Hall–Kier alpha value is -1.52. The van der Waals surface area contributed by atoms with Gasteiger partial charge in [0, 0.05) is 18.2 Å². The second-order valence-electron chi connectivity index (χ2n) is 7.05. The Labute approximate surface area is 139 Å². The molecule has 3 rings (SSSR count). The quantitative estimate of drug-likeness (QED) is 0.646. The maximum atomic E-state index is 5.22. The summed E-state index contributed by atoms with van der Waals surface area (Å²) in [6.07, 6.45) is 8.44. The predicted molar refractivity (Wildman–Crippen MR) is 92.4 cm³/mol. The van der Waals surface area contributed by atoms with Crippen molar-refractivity contribution in [2.24, 2.45) is 16.8 Å². The molecule has 0 aromatic carbocycles. The molecule has 2 aliphatic carbocycles. The van der Waals surface area contributed by atoms with Crippen LogP contribution in [0.25, 0.3) is 0 Å². The van der Waals surface area contributed by atoms with Crippen molar-refractivity contribution in [2.45, 2.75) is 71.9 Å². The van der Waals surface area contributed by atoms with Crippen LogP contribution in [0.3, 0.4) is 0 Å². The minimum Gasteiger partial charge on any atom is -0.361 e. The van der Waals surface area contributed by atoms with Crippen molar-refractivity contribution in [2.75, 3.05) is 6.54 Å². The van der Waals surface area contributed by atoms with Gasteiger partial charge in [-0.25, -0.2) is 4.99 Å². The topological polar surface area (TPSA) is 62.5 Å². The molecule has 23 heavy (non-hydrogen) atoms. The van der Waals surface area contributed by atoms with Crippen LogP contribution >= 0.6 is 0 Å². The summed E-state index contributed by atoms with van der Waals surface area (Å²) in [4.78, 5) is 4.73. The zero-order valence-electron chi connectivity index (χ0n) is 14.7. The highest BCUT2D eigenvalue weighted by atomic mass is 16.5. The molecule has 2 unspecified atom stereocenters. The van der Waals surface area contributed by atoms with Gasteiger partial charge >= 0.3 is 0 Å². The van der Waals surface area contributed by atoms with E-state index >= 15 is 0 Å². The molecular formula is C18H30N4O. The van der Waals surface area contributed by atoms with Gasteiger partial charge in [-0.1, -0.05) is 37.3 Å². The third-order valence-corrected chi connectivity index (χ3v) is 5.34. The van der Waals surface area contributed by atoms with Gasteiger partial charge in [-0.15, -0.1) is 0 Å². The minimum absolute atomic E-state index is 0.612. The first-order valence-electron chi connectivity index (χ1n) is 9.15. The molecule has 1 aromatic rings. The molecule has 0 saturated heterocycles. The van der Waals surface area contributed by atoms with Crippen molar-refractivity contribution >= 4 is 5.96 Å². The van der Waals surface area contributed by atoms with Gasteiger partial charge in [-0.3, -0.25) is 0 Å². The molecule has 0 bridgehead atoms. The number of nitrogens with zero attached hydrogens (tertiary/aromatic N) is 2. The van der Waals surface area contributed by atoms with E-state index in [1.807, 2.05) is 13.8 Å². The average Bonchev–Trinajstić information content (AvgIpc) is 3.25. The number of aromatic nitrogens is 1. The number of aryl methyl sites for hydroxylation is 2. The Morgan fingerprint density at radius 3 is 2.70 bits per heavy atom. The first kappa shape index (κ1) is 16.3. The zero-order valence-corrected chi connectivity index (χ0v) is 14.7. The Morgan fingerprint density at radius 2 is 2.04 bits per heavy atom. The Morgan fingerprint density at radius 1 is 1.26 bits per heavy atom. The lowest BCUT2D eigenvalue weighted by molar-refractivity contribution is 0.315. The Bertz CT molecular complexity index is 526. The number of aliphatic imine (C=N–C) groups is 1. The van der Waals surface area contributed by atoms with Gasteiger partial charge in [-0.2, -0.15) is 0 Å². The minimum atomic E-state index is 0.612. The van der Waals surface area contributed by atoms with E-state index in [9.17, 15) is 0 Å². The fourth-order valence-corrected chi connectivity index (χ4v) is 3.85. The van der Waals surface area contributed by atoms with E-state index in [1.165, 1.54) is 38.5 Å². The van der Waals surface area contributed by atoms with E-state index in [0.29, 0.717) is 12.6 Å². The van der Waals surface area contributed by atoms with Gasteiger partial charge in [0.2, 0.25) is 0 Å². The average molecular weight is 318 g/mol. The second-order valence-corrected chi connectivity index (χ2v) is 7.05. The molecule has 2 N–H and O–H groups in total. The van der Waals surface area contributed by atoms with Crippen LogP contribution in [0, 0.1) is 25.7 Å². The van der Waals surface area contributed by atoms with Gasteiger partial charge < -0.3 is 15.2 Å². The van der Waals surface area contributed by atoms with Crippen LogP contribution < -0.4 is 10.6 Å². The first-order valence-corrected chi connectivity index (χ1v) is 9.15. The molecule has 2 aliphatic rings. The predicted octanol–water partition coefficient (Wildman–Crippen LogP) is 3.32. The summed E-state index contributed by atoms with van der Waals surface area (Å²) in [5.74, 6) is 3.59. The van der Waals surface area contributed by atoms with E-state index in [-0.39, 0.29) is 0 Å². The summed E-state index contributed by atoms with van der Waals surface area (Å²) in [6.45, 7) is 7.54. The molecule has 128 valence electrons. The number of nitrogens with one attached hydrogen (secondary N) is 2. The lowest BCUT2D eigenvalue weighted by atomic mass is 9.85. The van der Waals surface area contributed by atoms with Crippen LogP contribution in [0.1, 0.15) is 62.5 Å². The van der Waals surface area contributed by atoms with Gasteiger partial charge in [0.15, 0.2) is 5.96 Å². The maximum Gasteiger partial charge on any atom is 0.191 e. The summed E-state index contributed by atoms with van der Waals surface area (Å²) in [6, 6.07) is 0.612. The summed E-state index contributed by atoms with van der Waals surface area (Å²) in [7, 11) is 0. The van der Waals surface area contributed by atoms with Gasteiger partial charge in [0.1, 0.15) is 5.76 Å². The van der Waals surface area contributed by atoms with Crippen LogP contribution in [-0.2, 0) is 6.54 Å². The highest BCUT2D eigenvalue weighted by molar-refractivity contribution is 5.80. The van der Waals surface area contributed by atoms with E-state index in [2.05, 4.69) is 22.7 Å². The molecule has 2 atom stereocenters. The normalized spacial score (nSPS) is 25.4. The molecule has 0 amide bonds. The molecule has 0 aliphatic heterocycles. The molecular weight excluding hydrogens is 288 g/mol. The molecule has 0 radical (unpaired) electrons. The van der Waals surface area contributed by atoms with Gasteiger partial charge in [-0.05, 0) is 39.0 Å². The van der Waals surface area contributed by atoms with E-state index in [4.69, 9.17) is 9.52 Å². The highest BCUT2D eigenvalue weighted by Crippen LogP contribution is 2.44. The fourth-order valence-electron chi connectivity index (χ4n) is 3.85. The van der Waals surface area contributed by atoms with Crippen LogP contribution in [0.15, 0.2) is 9.52 Å². The molecule has 5 heteroatoms. The Balaban J connectivity index is 1.56. The molecule has 2 fully saturated rings. The number of hydrogen-bond donors (Lipinski definition) is 2. The third kappa shape index (κ3) is 4.06. The Kier molecular flexibility index (Phi) is 5.23. The van der Waals surface area contributed by atoms with Crippen LogP contribution in [0.4, 0.5) is 0 Å². The van der Waals surface area contributed by atoms with Crippen LogP contribution in [0.2, 0.25) is 0 Å². The van der Waals surface area contributed by atoms with Gasteiger partial charge in [0.05, 0.1) is 12.2 Å². The monoisotopic (exact) mass is 318 g/mol. The standard InChI is InChI=1S/C18H30N4O/c1-4-19-18(20-11-16-12(2)22-23-13(16)3)21-17-10-15(17)14-8-6-5-7-9-14/h14-15,17H,4-11H2,1-3H3,(H2,19,20,21). The fraction of sp³-hybridized carbons (Fsp3) is 0.778. The second kappa shape index (κ2) is 7.37. The number of hydrogen-bond acceptors (Lipinski definition) is 3. The summed E-state index contributed by atoms with van der Waals surface area (Å²) in [5, 5.41) is 11.0. The van der Waals surface area contributed by atoms with Crippen LogP contribution in [0.5, 0.6) is 0 Å². The van der Waals surface area contributed by atoms with Gasteiger partial charge in [0.25, 0.3) is 0 Å². The molecule has 1 heterocycles. The summed E-state index contributed by atoms with van der Waals surface area (Å²) < 4.78 is 5.22. The highest BCUT2D eigenvalue weighted by Gasteiger charge is 2.43. The van der Waals surface area contributed by atoms with Crippen molar-refractivity contribution in [3.8, 4) is 0 Å². The number of rotatable bonds is 5. The van der Waals surface area contributed by atoms with Crippen molar-refractivity contribution in [1.82, 2.24) is 15.8 Å². The van der Waals surface area contributed by atoms with E-state index in [0.717, 1.165) is 41.4 Å². The number of guanidine groups is 1. The van der Waals surface area contributed by atoms with Crippen molar-refractivity contribution in [3.05, 3.63) is 17.0 Å². The SMILES string of the molecule is CCNC(=NCc1c(C)noc1C)NC1CC1C1CCCCC1. The molecule has 1 aromatic heterocycles. The van der Waals surface area contributed by atoms with E-state index in [1.54, 1.807) is 0 Å². The largest absolute Gasteiger partial charge is 0.361 e. The van der Waals surface area contributed by atoms with E-state index < -0.39 is 0 Å². The summed E-state index contributed by atoms with van der Waals surface area (Å²) >= 11 is 0. The third-order valence-electron chi connectivity index (χ3n) is 5.34. The molecule has 0 spiro atoms. The lowest BCUT2D eigenvalue weighted by Crippen LogP contribution is -2.39. The maximum absolute atomic E-state index is 5.22. The molecule has 5 nitrogen and oxygen atoms in total. The molecule has 2 saturated carbocycles. The zero-order chi connectivity index (χ0) is 16.2. The lowest BCUT2D eigenvalue weighted by Gasteiger charge is -2.22. The van der Waals surface area contributed by atoms with Crippen molar-refractivity contribution in [1.29, 1.82) is 0 Å². The van der Waals surface area contributed by atoms with Crippen molar-refractivity contribution < 1.29 is 4.52 Å².